The minimum Gasteiger partial charge on any atom is -0.329 e. The van der Waals surface area contributed by atoms with Gasteiger partial charge < -0.3 is 5.73 Å². The van der Waals surface area contributed by atoms with Crippen LogP contribution in [0.3, 0.4) is 0 Å². The smallest absolute Gasteiger partial charge is 0.0477 e. The van der Waals surface area contributed by atoms with E-state index in [1.165, 1.54) is 24.0 Å². The van der Waals surface area contributed by atoms with Crippen molar-refractivity contribution in [3.8, 4) is 0 Å². The van der Waals surface area contributed by atoms with Gasteiger partial charge in [0.2, 0.25) is 0 Å². The standard InChI is InChI=1S/C16H18Br2N2S/c17-14-4-1-12(7-15(14)18)16(8-19)20(13-2-3-13)9-11-5-6-21-10-11/h1,4-7,10,13,16H,2-3,8-9,19H2. The third kappa shape index (κ3) is 3.77. The van der Waals surface area contributed by atoms with Crippen LogP contribution in [0.15, 0.2) is 44.0 Å². The molecule has 112 valence electrons. The Balaban J connectivity index is 1.86. The van der Waals surface area contributed by atoms with Crippen LogP contribution in [-0.4, -0.2) is 17.5 Å². The van der Waals surface area contributed by atoms with Crippen molar-refractivity contribution in [1.82, 2.24) is 4.90 Å². The van der Waals surface area contributed by atoms with Crippen molar-refractivity contribution in [2.45, 2.75) is 31.5 Å². The molecule has 0 spiro atoms. The highest BCUT2D eigenvalue weighted by Gasteiger charge is 2.34. The summed E-state index contributed by atoms with van der Waals surface area (Å²) in [5.41, 5.74) is 8.80. The van der Waals surface area contributed by atoms with Gasteiger partial charge in [0, 0.05) is 34.1 Å². The van der Waals surface area contributed by atoms with Crippen molar-refractivity contribution in [2.75, 3.05) is 6.54 Å². The van der Waals surface area contributed by atoms with Crippen LogP contribution in [-0.2, 0) is 6.54 Å². The SMILES string of the molecule is NCC(c1ccc(Br)c(Br)c1)N(Cc1ccsc1)C1CC1. The van der Waals surface area contributed by atoms with Crippen LogP contribution in [0.4, 0.5) is 0 Å². The summed E-state index contributed by atoms with van der Waals surface area (Å²) in [5, 5.41) is 4.38. The third-order valence-electron chi connectivity index (χ3n) is 3.91. The molecule has 0 amide bonds. The molecule has 1 aliphatic rings. The van der Waals surface area contributed by atoms with Crippen LogP contribution >= 0.6 is 43.2 Å². The van der Waals surface area contributed by atoms with Gasteiger partial charge >= 0.3 is 0 Å². The minimum absolute atomic E-state index is 0.279. The Kier molecular flexibility index (Phi) is 5.17. The molecular weight excluding hydrogens is 412 g/mol. The van der Waals surface area contributed by atoms with Crippen molar-refractivity contribution in [2.24, 2.45) is 5.73 Å². The first kappa shape index (κ1) is 15.7. The number of thiophene rings is 1. The maximum absolute atomic E-state index is 6.12. The normalized spacial score (nSPS) is 16.4. The van der Waals surface area contributed by atoms with Gasteiger partial charge in [-0.3, -0.25) is 4.90 Å². The molecule has 0 bridgehead atoms. The molecule has 0 radical (unpaired) electrons. The van der Waals surface area contributed by atoms with Gasteiger partial charge in [-0.1, -0.05) is 6.07 Å². The van der Waals surface area contributed by atoms with E-state index in [1.54, 1.807) is 11.3 Å². The molecule has 1 saturated carbocycles. The second kappa shape index (κ2) is 6.92. The van der Waals surface area contributed by atoms with E-state index in [2.05, 4.69) is 71.8 Å². The molecule has 1 atom stereocenters. The predicted octanol–water partition coefficient (Wildman–Crippen LogP) is 4.94. The Bertz CT molecular complexity index is 596. The molecule has 1 aromatic carbocycles. The monoisotopic (exact) mass is 428 g/mol. The molecule has 1 unspecified atom stereocenters. The zero-order chi connectivity index (χ0) is 14.8. The number of halogens is 2. The zero-order valence-corrected chi connectivity index (χ0v) is 15.6. The minimum atomic E-state index is 0.279. The van der Waals surface area contributed by atoms with E-state index in [9.17, 15) is 0 Å². The second-order valence-electron chi connectivity index (χ2n) is 5.46. The molecule has 3 rings (SSSR count). The molecule has 1 heterocycles. The summed E-state index contributed by atoms with van der Waals surface area (Å²) in [6.07, 6.45) is 2.58. The van der Waals surface area contributed by atoms with E-state index in [1.807, 2.05) is 0 Å². The van der Waals surface area contributed by atoms with Crippen LogP contribution in [0.5, 0.6) is 0 Å². The third-order valence-corrected chi connectivity index (χ3v) is 6.52. The lowest BCUT2D eigenvalue weighted by Crippen LogP contribution is -2.35. The second-order valence-corrected chi connectivity index (χ2v) is 7.95. The predicted molar refractivity (Wildman–Crippen MR) is 96.5 cm³/mol. The largest absolute Gasteiger partial charge is 0.329 e. The number of hydrogen-bond acceptors (Lipinski definition) is 3. The zero-order valence-electron chi connectivity index (χ0n) is 11.6. The topological polar surface area (TPSA) is 29.3 Å². The number of nitrogens with two attached hydrogens (primary N) is 1. The maximum atomic E-state index is 6.12. The average molecular weight is 430 g/mol. The fraction of sp³-hybridized carbons (Fsp3) is 0.375. The Labute approximate surface area is 146 Å². The van der Waals surface area contributed by atoms with Gasteiger partial charge in [0.1, 0.15) is 0 Å². The summed E-state index contributed by atoms with van der Waals surface area (Å²) in [6, 6.07) is 9.63. The van der Waals surface area contributed by atoms with E-state index in [0.29, 0.717) is 12.6 Å². The van der Waals surface area contributed by atoms with E-state index in [4.69, 9.17) is 5.73 Å². The molecule has 1 aromatic heterocycles. The van der Waals surface area contributed by atoms with Crippen LogP contribution in [0.25, 0.3) is 0 Å². The van der Waals surface area contributed by atoms with Crippen LogP contribution in [0.2, 0.25) is 0 Å². The van der Waals surface area contributed by atoms with Crippen molar-refractivity contribution in [3.63, 3.8) is 0 Å². The summed E-state index contributed by atoms with van der Waals surface area (Å²) in [6.45, 7) is 1.64. The molecule has 5 heteroatoms. The van der Waals surface area contributed by atoms with Crippen LogP contribution in [0, 0.1) is 0 Å². The van der Waals surface area contributed by atoms with E-state index < -0.39 is 0 Å². The highest BCUT2D eigenvalue weighted by molar-refractivity contribution is 9.13. The molecule has 0 saturated heterocycles. The Morgan fingerprint density at radius 3 is 2.62 bits per heavy atom. The highest BCUT2D eigenvalue weighted by Crippen LogP contribution is 2.37. The van der Waals surface area contributed by atoms with Gasteiger partial charge in [0.25, 0.3) is 0 Å². The van der Waals surface area contributed by atoms with Crippen LogP contribution < -0.4 is 5.73 Å². The first-order valence-electron chi connectivity index (χ1n) is 7.11. The molecular formula is C16H18Br2N2S. The van der Waals surface area contributed by atoms with Gasteiger partial charge in [-0.2, -0.15) is 11.3 Å². The van der Waals surface area contributed by atoms with Crippen molar-refractivity contribution in [3.05, 3.63) is 55.1 Å². The van der Waals surface area contributed by atoms with Gasteiger partial charge in [-0.25, -0.2) is 0 Å². The average Bonchev–Trinajstić information content (AvgIpc) is 3.20. The number of hydrogen-bond donors (Lipinski definition) is 1. The quantitative estimate of drug-likeness (QED) is 0.704. The van der Waals surface area contributed by atoms with Crippen LogP contribution in [0.1, 0.15) is 30.0 Å². The highest BCUT2D eigenvalue weighted by atomic mass is 79.9. The molecule has 1 fully saturated rings. The lowest BCUT2D eigenvalue weighted by Gasteiger charge is -2.31. The molecule has 2 N–H and O–H groups in total. The lowest BCUT2D eigenvalue weighted by molar-refractivity contribution is 0.182. The fourth-order valence-electron chi connectivity index (χ4n) is 2.68. The molecule has 0 aliphatic heterocycles. The van der Waals surface area contributed by atoms with Gasteiger partial charge in [0.05, 0.1) is 0 Å². The molecule has 21 heavy (non-hydrogen) atoms. The Hall–Kier alpha value is -0.200. The molecule has 2 aromatic rings. The summed E-state index contributed by atoms with van der Waals surface area (Å²) < 4.78 is 2.17. The summed E-state index contributed by atoms with van der Waals surface area (Å²) in [4.78, 5) is 2.57. The summed E-state index contributed by atoms with van der Waals surface area (Å²) in [7, 11) is 0. The number of rotatable bonds is 6. The maximum Gasteiger partial charge on any atom is 0.0477 e. The Morgan fingerprint density at radius 2 is 2.05 bits per heavy atom. The van der Waals surface area contributed by atoms with Gasteiger partial charge in [-0.15, -0.1) is 0 Å². The fourth-order valence-corrected chi connectivity index (χ4v) is 3.98. The van der Waals surface area contributed by atoms with Gasteiger partial charge in [-0.05, 0) is 84.8 Å². The number of benzene rings is 1. The molecule has 2 nitrogen and oxygen atoms in total. The van der Waals surface area contributed by atoms with Gasteiger partial charge in [0.15, 0.2) is 0 Å². The lowest BCUT2D eigenvalue weighted by atomic mass is 10.0. The molecule has 1 aliphatic carbocycles. The first-order chi connectivity index (χ1) is 10.2. The van der Waals surface area contributed by atoms with Crippen molar-refractivity contribution < 1.29 is 0 Å². The van der Waals surface area contributed by atoms with E-state index >= 15 is 0 Å². The van der Waals surface area contributed by atoms with E-state index in [-0.39, 0.29) is 6.04 Å². The summed E-state index contributed by atoms with van der Waals surface area (Å²) in [5.74, 6) is 0. The Morgan fingerprint density at radius 1 is 1.24 bits per heavy atom. The van der Waals surface area contributed by atoms with E-state index in [0.717, 1.165) is 15.5 Å². The van der Waals surface area contributed by atoms with Crippen molar-refractivity contribution in [1.29, 1.82) is 0 Å². The number of nitrogens with zero attached hydrogens (tertiary/aromatic N) is 1. The first-order valence-corrected chi connectivity index (χ1v) is 9.63. The van der Waals surface area contributed by atoms with Crippen molar-refractivity contribution >= 4 is 43.2 Å². The summed E-state index contributed by atoms with van der Waals surface area (Å²) >= 11 is 8.90.